The van der Waals surface area contributed by atoms with E-state index in [1.54, 1.807) is 4.90 Å². The van der Waals surface area contributed by atoms with Crippen LogP contribution in [-0.2, 0) is 16.2 Å². The number of aromatic nitrogens is 2. The number of nitrogens with one attached hydrogen (secondary N) is 1. The van der Waals surface area contributed by atoms with Crippen molar-refractivity contribution in [3.8, 4) is 0 Å². The van der Waals surface area contributed by atoms with E-state index in [2.05, 4.69) is 14.1 Å². The Kier molecular flexibility index (Phi) is 4.73. The first-order chi connectivity index (χ1) is 9.67. The molecule has 120 valence electrons. The first-order valence-electron chi connectivity index (χ1n) is 6.29. The van der Waals surface area contributed by atoms with Crippen LogP contribution in [0.5, 0.6) is 0 Å². The predicted molar refractivity (Wildman–Crippen MR) is 72.7 cm³/mol. The number of hydrogen-bond acceptors (Lipinski definition) is 6. The molecule has 1 aromatic rings. The Morgan fingerprint density at radius 1 is 1.43 bits per heavy atom. The summed E-state index contributed by atoms with van der Waals surface area (Å²) in [5, 5.41) is 0.183. The van der Waals surface area contributed by atoms with Gasteiger partial charge in [-0.05, 0) is 19.3 Å². The van der Waals surface area contributed by atoms with Crippen molar-refractivity contribution in [3.05, 3.63) is 5.82 Å². The SMILES string of the molecule is CS(=O)(=O)NCC1CCCCN1c1nc(C(F)(F)F)ns1. The monoisotopic (exact) mass is 344 g/mol. The molecule has 0 saturated carbocycles. The minimum atomic E-state index is -4.56. The topological polar surface area (TPSA) is 75.2 Å². The molecule has 0 spiro atoms. The minimum Gasteiger partial charge on any atom is -0.343 e. The molecule has 2 rings (SSSR count). The fraction of sp³-hybridized carbons (Fsp3) is 0.800. The highest BCUT2D eigenvalue weighted by Crippen LogP contribution is 2.32. The Morgan fingerprint density at radius 2 is 2.14 bits per heavy atom. The standard InChI is InChI=1S/C10H15F3N4O2S2/c1-21(18,19)14-6-7-4-2-3-5-17(7)9-15-8(16-20-9)10(11,12)13/h7,14H,2-6H2,1H3. The van der Waals surface area contributed by atoms with E-state index in [4.69, 9.17) is 0 Å². The summed E-state index contributed by atoms with van der Waals surface area (Å²) in [5.74, 6) is -1.15. The zero-order chi connectivity index (χ0) is 15.7. The van der Waals surface area contributed by atoms with Crippen molar-refractivity contribution in [2.45, 2.75) is 31.5 Å². The third-order valence-electron chi connectivity index (χ3n) is 3.12. The second kappa shape index (κ2) is 6.05. The van der Waals surface area contributed by atoms with Gasteiger partial charge in [-0.25, -0.2) is 13.1 Å². The first-order valence-corrected chi connectivity index (χ1v) is 8.95. The number of sulfonamides is 1. The van der Waals surface area contributed by atoms with Gasteiger partial charge in [0, 0.05) is 30.7 Å². The Balaban J connectivity index is 2.13. The van der Waals surface area contributed by atoms with E-state index in [1.807, 2.05) is 0 Å². The van der Waals surface area contributed by atoms with Crippen LogP contribution in [-0.4, -0.2) is 43.2 Å². The summed E-state index contributed by atoms with van der Waals surface area (Å²) in [6.07, 6.45) is -1.09. The number of anilines is 1. The third kappa shape index (κ3) is 4.51. The van der Waals surface area contributed by atoms with Crippen LogP contribution in [0, 0.1) is 0 Å². The molecular weight excluding hydrogens is 329 g/mol. The molecule has 0 bridgehead atoms. The Morgan fingerprint density at radius 3 is 2.71 bits per heavy atom. The molecule has 11 heteroatoms. The molecule has 0 amide bonds. The Bertz CT molecular complexity index is 587. The molecule has 1 saturated heterocycles. The maximum absolute atomic E-state index is 12.5. The van der Waals surface area contributed by atoms with Crippen molar-refractivity contribution in [1.82, 2.24) is 14.1 Å². The van der Waals surface area contributed by atoms with Crippen molar-refractivity contribution in [2.24, 2.45) is 0 Å². The Labute approximate surface area is 124 Å². The number of nitrogens with zero attached hydrogens (tertiary/aromatic N) is 3. The number of halogens is 3. The van der Waals surface area contributed by atoms with Crippen LogP contribution in [0.3, 0.4) is 0 Å². The molecule has 0 aliphatic carbocycles. The molecule has 1 aromatic heterocycles. The molecule has 1 unspecified atom stereocenters. The lowest BCUT2D eigenvalue weighted by atomic mass is 10.0. The second-order valence-corrected chi connectivity index (χ2v) is 7.43. The van der Waals surface area contributed by atoms with Crippen LogP contribution in [0.1, 0.15) is 25.1 Å². The van der Waals surface area contributed by atoms with Crippen LogP contribution < -0.4 is 9.62 Å². The summed E-state index contributed by atoms with van der Waals surface area (Å²) >= 11 is 0.688. The van der Waals surface area contributed by atoms with Gasteiger partial charge in [-0.15, -0.1) is 0 Å². The average Bonchev–Trinajstić information content (AvgIpc) is 2.85. The molecule has 1 aliphatic heterocycles. The van der Waals surface area contributed by atoms with Gasteiger partial charge in [0.25, 0.3) is 0 Å². The maximum Gasteiger partial charge on any atom is 0.452 e. The largest absolute Gasteiger partial charge is 0.452 e. The summed E-state index contributed by atoms with van der Waals surface area (Å²) in [7, 11) is -3.34. The highest BCUT2D eigenvalue weighted by atomic mass is 32.2. The van der Waals surface area contributed by atoms with E-state index in [0.717, 1.165) is 19.1 Å². The maximum atomic E-state index is 12.5. The summed E-state index contributed by atoms with van der Waals surface area (Å²) < 4.78 is 65.6. The normalized spacial score (nSPS) is 20.8. The van der Waals surface area contributed by atoms with E-state index < -0.39 is 22.0 Å². The number of piperidine rings is 1. The van der Waals surface area contributed by atoms with Crippen molar-refractivity contribution in [2.75, 3.05) is 24.2 Å². The second-order valence-electron chi connectivity index (χ2n) is 4.86. The van der Waals surface area contributed by atoms with Crippen molar-refractivity contribution >= 4 is 26.7 Å². The lowest BCUT2D eigenvalue weighted by Gasteiger charge is -2.35. The van der Waals surface area contributed by atoms with E-state index >= 15 is 0 Å². The van der Waals surface area contributed by atoms with Crippen LogP contribution in [0.4, 0.5) is 18.3 Å². The quantitative estimate of drug-likeness (QED) is 0.895. The molecule has 1 N–H and O–H groups in total. The van der Waals surface area contributed by atoms with Crippen LogP contribution >= 0.6 is 11.5 Å². The summed E-state index contributed by atoms with van der Waals surface area (Å²) in [6, 6.07) is -0.206. The van der Waals surface area contributed by atoms with Crippen LogP contribution in [0.15, 0.2) is 0 Å². The number of alkyl halides is 3. The van der Waals surface area contributed by atoms with E-state index in [9.17, 15) is 21.6 Å². The van der Waals surface area contributed by atoms with Crippen molar-refractivity contribution < 1.29 is 21.6 Å². The average molecular weight is 344 g/mol. The van der Waals surface area contributed by atoms with Gasteiger partial charge in [-0.2, -0.15) is 22.5 Å². The van der Waals surface area contributed by atoms with Crippen LogP contribution in [0.2, 0.25) is 0 Å². The summed E-state index contributed by atoms with van der Waals surface area (Å²) in [5.41, 5.74) is 0. The predicted octanol–water partition coefficient (Wildman–Crippen LogP) is 1.47. The van der Waals surface area contributed by atoms with Gasteiger partial charge < -0.3 is 4.90 Å². The number of rotatable bonds is 4. The number of hydrogen-bond donors (Lipinski definition) is 1. The smallest absolute Gasteiger partial charge is 0.343 e. The molecule has 0 radical (unpaired) electrons. The fourth-order valence-corrected chi connectivity index (χ4v) is 3.44. The fourth-order valence-electron chi connectivity index (χ4n) is 2.16. The van der Waals surface area contributed by atoms with Gasteiger partial charge in [0.15, 0.2) is 0 Å². The zero-order valence-corrected chi connectivity index (χ0v) is 12.9. The van der Waals surface area contributed by atoms with Gasteiger partial charge in [0.2, 0.25) is 21.0 Å². The summed E-state index contributed by atoms with van der Waals surface area (Å²) in [6.45, 7) is 0.697. The Hall–Kier alpha value is -0.940. The third-order valence-corrected chi connectivity index (χ3v) is 4.57. The lowest BCUT2D eigenvalue weighted by molar-refractivity contribution is -0.144. The van der Waals surface area contributed by atoms with Crippen molar-refractivity contribution in [3.63, 3.8) is 0 Å². The highest BCUT2D eigenvalue weighted by Gasteiger charge is 2.37. The van der Waals surface area contributed by atoms with Gasteiger partial charge in [-0.3, -0.25) is 0 Å². The van der Waals surface area contributed by atoms with Gasteiger partial charge in [0.05, 0.1) is 6.26 Å². The van der Waals surface area contributed by atoms with Crippen LogP contribution in [0.25, 0.3) is 0 Å². The molecular formula is C10H15F3N4O2S2. The van der Waals surface area contributed by atoms with Gasteiger partial charge >= 0.3 is 6.18 Å². The van der Waals surface area contributed by atoms with Gasteiger partial charge in [0.1, 0.15) is 0 Å². The molecule has 6 nitrogen and oxygen atoms in total. The highest BCUT2D eigenvalue weighted by molar-refractivity contribution is 7.88. The lowest BCUT2D eigenvalue weighted by Crippen LogP contribution is -2.46. The van der Waals surface area contributed by atoms with Crippen molar-refractivity contribution in [1.29, 1.82) is 0 Å². The van der Waals surface area contributed by atoms with E-state index in [-0.39, 0.29) is 17.7 Å². The van der Waals surface area contributed by atoms with Gasteiger partial charge in [-0.1, -0.05) is 0 Å². The molecule has 1 fully saturated rings. The molecule has 1 aliphatic rings. The minimum absolute atomic E-state index is 0.153. The molecule has 2 heterocycles. The summed E-state index contributed by atoms with van der Waals surface area (Å²) in [4.78, 5) is 5.23. The molecule has 0 aromatic carbocycles. The van der Waals surface area contributed by atoms with E-state index in [0.29, 0.717) is 24.5 Å². The molecule has 21 heavy (non-hydrogen) atoms. The molecule has 1 atom stereocenters. The first kappa shape index (κ1) is 16.4. The van der Waals surface area contributed by atoms with E-state index in [1.165, 1.54) is 0 Å². The zero-order valence-electron chi connectivity index (χ0n) is 11.2.